The minimum absolute atomic E-state index is 0.0326. The first kappa shape index (κ1) is 18.0. The van der Waals surface area contributed by atoms with Crippen molar-refractivity contribution in [1.29, 1.82) is 0 Å². The number of aromatic nitrogens is 1. The van der Waals surface area contributed by atoms with Gasteiger partial charge in [-0.05, 0) is 35.9 Å². The number of fused-ring (bicyclic) bond motifs is 2. The zero-order chi connectivity index (χ0) is 20.0. The first-order valence-corrected chi connectivity index (χ1v) is 10.3. The minimum atomic E-state index is 0.0326. The summed E-state index contributed by atoms with van der Waals surface area (Å²) in [5.74, 6) is 0.0326. The number of benzene rings is 3. The van der Waals surface area contributed by atoms with Crippen molar-refractivity contribution in [3.63, 3.8) is 0 Å². The number of halogens is 1. The highest BCUT2D eigenvalue weighted by Gasteiger charge is 2.29. The quantitative estimate of drug-likeness (QED) is 0.358. The van der Waals surface area contributed by atoms with Gasteiger partial charge in [-0.1, -0.05) is 64.5 Å². The molecule has 4 aromatic rings. The first-order chi connectivity index (χ1) is 14.1. The van der Waals surface area contributed by atoms with Gasteiger partial charge in [0.15, 0.2) is 0 Å². The van der Waals surface area contributed by atoms with Gasteiger partial charge in [0.1, 0.15) is 0 Å². The molecule has 29 heavy (non-hydrogen) atoms. The van der Waals surface area contributed by atoms with Crippen molar-refractivity contribution in [3.05, 3.63) is 100 Å². The molecule has 1 aromatic heterocycles. The molecule has 1 aliphatic heterocycles. The molecule has 0 saturated carbocycles. The number of hydrogen-bond donors (Lipinski definition) is 0. The molecule has 0 radical (unpaired) electrons. The number of carbonyl (C=O) groups is 1. The van der Waals surface area contributed by atoms with Crippen molar-refractivity contribution >= 4 is 50.1 Å². The van der Waals surface area contributed by atoms with Gasteiger partial charge in [0.2, 0.25) is 0 Å². The first-order valence-electron chi connectivity index (χ1n) is 9.53. The number of likely N-dealkylation sites (N-methyl/N-ethyl adjacent to an activating group) is 1. The molecule has 2 heterocycles. The third-order valence-corrected chi connectivity index (χ3v) is 5.95. The van der Waals surface area contributed by atoms with Gasteiger partial charge in [-0.25, -0.2) is 0 Å². The molecule has 0 N–H and O–H groups in total. The Morgan fingerprint density at radius 1 is 0.966 bits per heavy atom. The van der Waals surface area contributed by atoms with Crippen LogP contribution in [-0.2, 0) is 11.3 Å². The average molecular weight is 443 g/mol. The molecule has 5 rings (SSSR count). The van der Waals surface area contributed by atoms with Crippen molar-refractivity contribution in [2.45, 2.75) is 6.54 Å². The van der Waals surface area contributed by atoms with Crippen LogP contribution < -0.4 is 4.90 Å². The van der Waals surface area contributed by atoms with Crippen molar-refractivity contribution in [1.82, 2.24) is 4.57 Å². The number of nitrogens with zero attached hydrogens (tertiary/aromatic N) is 2. The van der Waals surface area contributed by atoms with Gasteiger partial charge in [0.25, 0.3) is 5.91 Å². The van der Waals surface area contributed by atoms with Crippen LogP contribution in [0.25, 0.3) is 22.6 Å². The van der Waals surface area contributed by atoms with E-state index in [0.29, 0.717) is 0 Å². The summed E-state index contributed by atoms with van der Waals surface area (Å²) in [5, 5.41) is 1.13. The van der Waals surface area contributed by atoms with E-state index in [1.165, 1.54) is 5.56 Å². The van der Waals surface area contributed by atoms with Crippen LogP contribution in [0, 0.1) is 0 Å². The molecule has 0 atom stereocenters. The number of carbonyl (C=O) groups excluding carboxylic acids is 1. The third-order valence-electron chi connectivity index (χ3n) is 5.46. The summed E-state index contributed by atoms with van der Waals surface area (Å²) in [6.45, 7) is 0.784. The van der Waals surface area contributed by atoms with E-state index in [9.17, 15) is 4.79 Å². The average Bonchev–Trinajstić information content (AvgIpc) is 3.19. The smallest absolute Gasteiger partial charge is 0.258 e. The van der Waals surface area contributed by atoms with Crippen LogP contribution in [0.5, 0.6) is 0 Å². The van der Waals surface area contributed by atoms with Crippen molar-refractivity contribution in [3.8, 4) is 0 Å². The lowest BCUT2D eigenvalue weighted by molar-refractivity contribution is -0.112. The van der Waals surface area contributed by atoms with Gasteiger partial charge in [0, 0.05) is 51.9 Å². The minimum Gasteiger partial charge on any atom is -0.342 e. The van der Waals surface area contributed by atoms with E-state index in [1.54, 1.807) is 4.90 Å². The molecule has 0 spiro atoms. The van der Waals surface area contributed by atoms with Crippen LogP contribution in [0.15, 0.2) is 83.5 Å². The maximum atomic E-state index is 12.9. The number of anilines is 1. The Kier molecular flexibility index (Phi) is 4.36. The van der Waals surface area contributed by atoms with E-state index in [4.69, 9.17) is 0 Å². The Labute approximate surface area is 178 Å². The monoisotopic (exact) mass is 442 g/mol. The second-order valence-corrected chi connectivity index (χ2v) is 8.21. The van der Waals surface area contributed by atoms with E-state index < -0.39 is 0 Å². The van der Waals surface area contributed by atoms with E-state index in [0.717, 1.165) is 44.3 Å². The van der Waals surface area contributed by atoms with E-state index in [-0.39, 0.29) is 5.91 Å². The highest BCUT2D eigenvalue weighted by Crippen LogP contribution is 2.38. The van der Waals surface area contributed by atoms with E-state index in [2.05, 4.69) is 69.2 Å². The molecule has 3 aromatic carbocycles. The fraction of sp³-hybridized carbons (Fsp3) is 0.0800. The summed E-state index contributed by atoms with van der Waals surface area (Å²) >= 11 is 3.60. The van der Waals surface area contributed by atoms with Crippen LogP contribution in [0.2, 0.25) is 0 Å². The molecule has 0 saturated heterocycles. The molecule has 0 unspecified atom stereocenters. The zero-order valence-corrected chi connectivity index (χ0v) is 17.6. The maximum Gasteiger partial charge on any atom is 0.258 e. The van der Waals surface area contributed by atoms with Crippen LogP contribution >= 0.6 is 15.9 Å². The second-order valence-electron chi connectivity index (χ2n) is 7.30. The summed E-state index contributed by atoms with van der Waals surface area (Å²) in [4.78, 5) is 14.6. The Hall–Kier alpha value is -3.11. The largest absolute Gasteiger partial charge is 0.342 e. The highest BCUT2D eigenvalue weighted by atomic mass is 79.9. The van der Waals surface area contributed by atoms with Gasteiger partial charge < -0.3 is 9.47 Å². The SMILES string of the molecule is CN1C(=O)/C(=C/c2cn(Cc3ccccc3)c3ccc(Br)cc23)c2ccccc21. The standard InChI is InChI=1S/C25H19BrN2O/c1-27-23-10-6-5-9-20(23)22(25(27)29)13-18-16-28(15-17-7-3-2-4-8-17)24-12-11-19(26)14-21(18)24/h2-14,16H,15H2,1H3/b22-13+. The summed E-state index contributed by atoms with van der Waals surface area (Å²) in [6, 6.07) is 24.7. The Morgan fingerprint density at radius 3 is 2.55 bits per heavy atom. The predicted octanol–water partition coefficient (Wildman–Crippen LogP) is 5.97. The van der Waals surface area contributed by atoms with Gasteiger partial charge in [-0.15, -0.1) is 0 Å². The lowest BCUT2D eigenvalue weighted by Gasteiger charge is -2.07. The van der Waals surface area contributed by atoms with Crippen LogP contribution in [0.1, 0.15) is 16.7 Å². The molecular formula is C25H19BrN2O. The number of rotatable bonds is 3. The van der Waals surface area contributed by atoms with Crippen LogP contribution in [0.4, 0.5) is 5.69 Å². The Morgan fingerprint density at radius 2 is 1.72 bits per heavy atom. The molecule has 142 valence electrons. The summed E-state index contributed by atoms with van der Waals surface area (Å²) < 4.78 is 3.27. The fourth-order valence-corrected chi connectivity index (χ4v) is 4.38. The van der Waals surface area contributed by atoms with Gasteiger partial charge in [-0.3, -0.25) is 4.79 Å². The lowest BCUT2D eigenvalue weighted by atomic mass is 10.0. The summed E-state index contributed by atoms with van der Waals surface area (Å²) in [6.07, 6.45) is 4.17. The lowest BCUT2D eigenvalue weighted by Crippen LogP contribution is -2.20. The van der Waals surface area contributed by atoms with Gasteiger partial charge >= 0.3 is 0 Å². The normalized spacial score (nSPS) is 14.8. The van der Waals surface area contributed by atoms with Crippen LogP contribution in [-0.4, -0.2) is 17.5 Å². The molecular weight excluding hydrogens is 424 g/mol. The molecule has 1 aliphatic rings. The Balaban J connectivity index is 1.67. The molecule has 3 nitrogen and oxygen atoms in total. The summed E-state index contributed by atoms with van der Waals surface area (Å²) in [7, 11) is 1.83. The number of para-hydroxylation sites is 1. The van der Waals surface area contributed by atoms with Gasteiger partial charge in [0.05, 0.1) is 5.69 Å². The molecule has 0 bridgehead atoms. The molecule has 0 aliphatic carbocycles. The number of amides is 1. The van der Waals surface area contributed by atoms with Crippen molar-refractivity contribution in [2.75, 3.05) is 11.9 Å². The van der Waals surface area contributed by atoms with Crippen molar-refractivity contribution in [2.24, 2.45) is 0 Å². The van der Waals surface area contributed by atoms with E-state index in [1.807, 2.05) is 43.5 Å². The van der Waals surface area contributed by atoms with E-state index >= 15 is 0 Å². The maximum absolute atomic E-state index is 12.9. The van der Waals surface area contributed by atoms with Gasteiger partial charge in [-0.2, -0.15) is 0 Å². The number of hydrogen-bond acceptors (Lipinski definition) is 1. The molecule has 4 heteroatoms. The topological polar surface area (TPSA) is 25.2 Å². The van der Waals surface area contributed by atoms with Crippen LogP contribution in [0.3, 0.4) is 0 Å². The molecule has 1 amide bonds. The Bertz CT molecular complexity index is 1270. The summed E-state index contributed by atoms with van der Waals surface area (Å²) in [5.41, 5.74) is 6.12. The van der Waals surface area contributed by atoms with Crippen molar-refractivity contribution < 1.29 is 4.79 Å². The molecule has 0 fully saturated rings. The zero-order valence-electron chi connectivity index (χ0n) is 16.0. The highest BCUT2D eigenvalue weighted by molar-refractivity contribution is 9.10. The fourth-order valence-electron chi connectivity index (χ4n) is 4.02. The second kappa shape index (κ2) is 7.05. The third kappa shape index (κ3) is 3.10. The predicted molar refractivity (Wildman–Crippen MR) is 123 cm³/mol.